The largest absolute Gasteiger partial charge is 0.372 e. The van der Waals surface area contributed by atoms with Crippen LogP contribution < -0.4 is 15.1 Å². The number of rotatable bonds is 4. The van der Waals surface area contributed by atoms with E-state index in [0.717, 1.165) is 37.7 Å². The summed E-state index contributed by atoms with van der Waals surface area (Å²) in [6.45, 7) is 6.62. The van der Waals surface area contributed by atoms with E-state index in [-0.39, 0.29) is 5.91 Å². The van der Waals surface area contributed by atoms with Gasteiger partial charge in [0.2, 0.25) is 0 Å². The highest BCUT2D eigenvalue weighted by molar-refractivity contribution is 6.04. The van der Waals surface area contributed by atoms with Gasteiger partial charge in [-0.25, -0.2) is 4.98 Å². The molecule has 0 saturated carbocycles. The normalized spacial score (nSPS) is 20.0. The summed E-state index contributed by atoms with van der Waals surface area (Å²) in [6, 6.07) is 11.9. The smallest absolute Gasteiger partial charge is 0.257 e. The summed E-state index contributed by atoms with van der Waals surface area (Å²) in [5, 5.41) is 2.97. The third-order valence-electron chi connectivity index (χ3n) is 5.59. The Labute approximate surface area is 161 Å². The quantitative estimate of drug-likeness (QED) is 0.884. The maximum atomic E-state index is 12.5. The molecule has 1 amide bonds. The van der Waals surface area contributed by atoms with Crippen LogP contribution in [0.3, 0.4) is 0 Å². The number of aromatic nitrogens is 1. The molecule has 2 aliphatic heterocycles. The Balaban J connectivity index is 1.37. The monoisotopic (exact) mass is 364 g/mol. The number of nitrogens with one attached hydrogen (secondary N) is 1. The van der Waals surface area contributed by atoms with Crippen molar-refractivity contribution in [3.63, 3.8) is 0 Å². The summed E-state index contributed by atoms with van der Waals surface area (Å²) in [5.74, 6) is 1.55. The lowest BCUT2D eigenvalue weighted by molar-refractivity contribution is 0.102. The van der Waals surface area contributed by atoms with Gasteiger partial charge < -0.3 is 15.1 Å². The molecule has 5 heteroatoms. The van der Waals surface area contributed by atoms with Crippen LogP contribution in [0.2, 0.25) is 0 Å². The van der Waals surface area contributed by atoms with E-state index in [1.54, 1.807) is 6.20 Å². The molecule has 2 aliphatic rings. The number of hydrogen-bond acceptors (Lipinski definition) is 4. The van der Waals surface area contributed by atoms with Crippen molar-refractivity contribution in [2.45, 2.75) is 32.6 Å². The van der Waals surface area contributed by atoms with Crippen LogP contribution in [-0.4, -0.2) is 37.1 Å². The number of carbonyl (C=O) groups excluding carboxylic acids is 1. The molecule has 1 N–H and O–H groups in total. The molecule has 142 valence electrons. The van der Waals surface area contributed by atoms with E-state index in [1.807, 2.05) is 24.3 Å². The average Bonchev–Trinajstić information content (AvgIpc) is 3.23. The standard InChI is InChI=1S/C22H28N4O/c1-17-5-4-14-26(16-17)21-11-6-18(15-23-21)22(27)24-19-7-9-20(10-8-19)25-12-2-3-13-25/h6-11,15,17H,2-5,12-14,16H2,1H3,(H,24,27). The molecule has 0 spiro atoms. The second kappa shape index (κ2) is 7.99. The summed E-state index contributed by atoms with van der Waals surface area (Å²) in [6.07, 6.45) is 6.70. The zero-order valence-corrected chi connectivity index (χ0v) is 16.0. The van der Waals surface area contributed by atoms with Gasteiger partial charge in [-0.2, -0.15) is 0 Å². The van der Waals surface area contributed by atoms with Crippen LogP contribution in [-0.2, 0) is 0 Å². The van der Waals surface area contributed by atoms with Crippen molar-refractivity contribution in [3.05, 3.63) is 48.2 Å². The maximum Gasteiger partial charge on any atom is 0.257 e. The lowest BCUT2D eigenvalue weighted by Gasteiger charge is -2.31. The van der Waals surface area contributed by atoms with Crippen molar-refractivity contribution in [3.8, 4) is 0 Å². The number of anilines is 3. The highest BCUT2D eigenvalue weighted by atomic mass is 16.1. The first-order chi connectivity index (χ1) is 13.2. The summed E-state index contributed by atoms with van der Waals surface area (Å²) in [5.41, 5.74) is 2.64. The number of pyridine rings is 1. The molecule has 5 nitrogen and oxygen atoms in total. The van der Waals surface area contributed by atoms with Crippen LogP contribution in [0.1, 0.15) is 43.0 Å². The first-order valence-corrected chi connectivity index (χ1v) is 10.1. The van der Waals surface area contributed by atoms with Crippen molar-refractivity contribution in [1.29, 1.82) is 0 Å². The zero-order valence-electron chi connectivity index (χ0n) is 16.0. The minimum Gasteiger partial charge on any atom is -0.372 e. The molecule has 2 saturated heterocycles. The van der Waals surface area contributed by atoms with E-state index < -0.39 is 0 Å². The van der Waals surface area contributed by atoms with E-state index in [0.29, 0.717) is 11.5 Å². The molecule has 27 heavy (non-hydrogen) atoms. The predicted molar refractivity (Wildman–Crippen MR) is 111 cm³/mol. The number of nitrogens with zero attached hydrogens (tertiary/aromatic N) is 3. The van der Waals surface area contributed by atoms with Crippen LogP contribution in [0.25, 0.3) is 0 Å². The summed E-state index contributed by atoms with van der Waals surface area (Å²) < 4.78 is 0. The Bertz CT molecular complexity index is 766. The van der Waals surface area contributed by atoms with Gasteiger partial charge in [0.05, 0.1) is 5.56 Å². The fourth-order valence-corrected chi connectivity index (χ4v) is 4.04. The molecule has 1 aromatic heterocycles. The van der Waals surface area contributed by atoms with Crippen molar-refractivity contribution in [2.75, 3.05) is 41.3 Å². The molecular weight excluding hydrogens is 336 g/mol. The number of carbonyl (C=O) groups is 1. The minimum absolute atomic E-state index is 0.116. The Hall–Kier alpha value is -2.56. The van der Waals surface area contributed by atoms with Gasteiger partial charge >= 0.3 is 0 Å². The Morgan fingerprint density at radius 2 is 1.74 bits per heavy atom. The molecule has 1 aromatic carbocycles. The van der Waals surface area contributed by atoms with Gasteiger partial charge in [-0.1, -0.05) is 6.92 Å². The molecule has 3 heterocycles. The van der Waals surface area contributed by atoms with Crippen molar-refractivity contribution in [2.24, 2.45) is 5.92 Å². The van der Waals surface area contributed by atoms with Crippen LogP contribution in [0.15, 0.2) is 42.6 Å². The molecule has 1 atom stereocenters. The maximum absolute atomic E-state index is 12.5. The van der Waals surface area contributed by atoms with E-state index in [2.05, 4.69) is 39.2 Å². The number of hydrogen-bond donors (Lipinski definition) is 1. The average molecular weight is 364 g/mol. The van der Waals surface area contributed by atoms with E-state index >= 15 is 0 Å². The first kappa shape index (κ1) is 17.8. The molecule has 0 radical (unpaired) electrons. The van der Waals surface area contributed by atoms with Crippen LogP contribution in [0.4, 0.5) is 17.2 Å². The third kappa shape index (κ3) is 4.24. The van der Waals surface area contributed by atoms with Gasteiger partial charge in [-0.05, 0) is 68.0 Å². The molecular formula is C22H28N4O. The van der Waals surface area contributed by atoms with Gasteiger partial charge in [0, 0.05) is 43.8 Å². The van der Waals surface area contributed by atoms with Crippen molar-refractivity contribution < 1.29 is 4.79 Å². The first-order valence-electron chi connectivity index (χ1n) is 10.1. The lowest BCUT2D eigenvalue weighted by Crippen LogP contribution is -2.34. The summed E-state index contributed by atoms with van der Waals surface area (Å²) in [7, 11) is 0. The third-order valence-corrected chi connectivity index (χ3v) is 5.59. The van der Waals surface area contributed by atoms with E-state index in [1.165, 1.54) is 31.4 Å². The highest BCUT2D eigenvalue weighted by Gasteiger charge is 2.18. The van der Waals surface area contributed by atoms with E-state index in [9.17, 15) is 4.79 Å². The minimum atomic E-state index is -0.116. The lowest BCUT2D eigenvalue weighted by atomic mass is 10.0. The van der Waals surface area contributed by atoms with Gasteiger partial charge in [0.1, 0.15) is 5.82 Å². The molecule has 2 aromatic rings. The number of amides is 1. The Morgan fingerprint density at radius 3 is 2.41 bits per heavy atom. The fourth-order valence-electron chi connectivity index (χ4n) is 4.04. The molecule has 1 unspecified atom stereocenters. The number of piperidine rings is 1. The van der Waals surface area contributed by atoms with Gasteiger partial charge in [0.25, 0.3) is 5.91 Å². The number of benzene rings is 1. The Morgan fingerprint density at radius 1 is 1.00 bits per heavy atom. The fraction of sp³-hybridized carbons (Fsp3) is 0.455. The topological polar surface area (TPSA) is 48.5 Å². The molecule has 0 bridgehead atoms. The predicted octanol–water partition coefficient (Wildman–Crippen LogP) is 4.17. The highest BCUT2D eigenvalue weighted by Crippen LogP contribution is 2.23. The van der Waals surface area contributed by atoms with Crippen LogP contribution in [0, 0.1) is 5.92 Å². The van der Waals surface area contributed by atoms with E-state index in [4.69, 9.17) is 0 Å². The second-order valence-electron chi connectivity index (χ2n) is 7.79. The molecule has 2 fully saturated rings. The van der Waals surface area contributed by atoms with Crippen molar-refractivity contribution >= 4 is 23.1 Å². The van der Waals surface area contributed by atoms with Gasteiger partial charge in [-0.15, -0.1) is 0 Å². The van der Waals surface area contributed by atoms with Crippen LogP contribution >= 0.6 is 0 Å². The van der Waals surface area contributed by atoms with Gasteiger partial charge in [0.15, 0.2) is 0 Å². The molecule has 0 aliphatic carbocycles. The zero-order chi connectivity index (χ0) is 18.6. The van der Waals surface area contributed by atoms with Gasteiger partial charge in [-0.3, -0.25) is 4.79 Å². The Kier molecular flexibility index (Phi) is 5.28. The SMILES string of the molecule is CC1CCCN(c2ccc(C(=O)Nc3ccc(N4CCCC4)cc3)cn2)C1. The van der Waals surface area contributed by atoms with Crippen LogP contribution in [0.5, 0.6) is 0 Å². The summed E-state index contributed by atoms with van der Waals surface area (Å²) >= 11 is 0. The van der Waals surface area contributed by atoms with Crippen molar-refractivity contribution in [1.82, 2.24) is 4.98 Å². The summed E-state index contributed by atoms with van der Waals surface area (Å²) in [4.78, 5) is 21.7. The second-order valence-corrected chi connectivity index (χ2v) is 7.79. The molecule has 4 rings (SSSR count).